The van der Waals surface area contributed by atoms with Crippen molar-refractivity contribution in [2.24, 2.45) is 11.7 Å². The van der Waals surface area contributed by atoms with Gasteiger partial charge < -0.3 is 11.1 Å². The standard InChI is InChI=1S/C13H22N4OS.ClH/c1-13(2,3)12-17-16-10(19-12)7-15-11(18)8-4-5-9(14)6-8;/h8-9H,4-7,14H2,1-3H3,(H,15,18);1H. The Hall–Kier alpha value is -0.720. The van der Waals surface area contributed by atoms with Gasteiger partial charge in [0.1, 0.15) is 10.0 Å². The van der Waals surface area contributed by atoms with Crippen LogP contribution in [0.15, 0.2) is 0 Å². The maximum Gasteiger partial charge on any atom is 0.223 e. The molecule has 1 amide bonds. The van der Waals surface area contributed by atoms with Crippen molar-refractivity contribution in [3.05, 3.63) is 10.0 Å². The molecule has 1 saturated carbocycles. The molecule has 0 saturated heterocycles. The summed E-state index contributed by atoms with van der Waals surface area (Å²) < 4.78 is 0. The second kappa shape index (κ2) is 6.83. The quantitative estimate of drug-likeness (QED) is 0.893. The average Bonchev–Trinajstić information content (AvgIpc) is 2.93. The lowest BCUT2D eigenvalue weighted by Gasteiger charge is -2.12. The molecule has 20 heavy (non-hydrogen) atoms. The molecule has 2 rings (SSSR count). The molecule has 2 unspecified atom stereocenters. The van der Waals surface area contributed by atoms with Gasteiger partial charge in [0, 0.05) is 17.4 Å². The molecule has 1 heterocycles. The van der Waals surface area contributed by atoms with Crippen molar-refractivity contribution in [3.8, 4) is 0 Å². The predicted octanol–water partition coefficient (Wildman–Crippen LogP) is 2.00. The van der Waals surface area contributed by atoms with Gasteiger partial charge in [0.2, 0.25) is 5.91 Å². The normalized spacial score (nSPS) is 22.4. The van der Waals surface area contributed by atoms with E-state index in [2.05, 4.69) is 36.3 Å². The lowest BCUT2D eigenvalue weighted by atomic mass is 9.98. The summed E-state index contributed by atoms with van der Waals surface area (Å²) in [6.07, 6.45) is 2.65. The number of hydrogen-bond donors (Lipinski definition) is 2. The molecule has 1 aliphatic carbocycles. The Morgan fingerprint density at radius 2 is 2.10 bits per heavy atom. The number of rotatable bonds is 3. The Kier molecular flexibility index (Phi) is 5.91. The van der Waals surface area contributed by atoms with Crippen molar-refractivity contribution in [1.29, 1.82) is 0 Å². The van der Waals surface area contributed by atoms with Gasteiger partial charge in [0.05, 0.1) is 6.54 Å². The van der Waals surface area contributed by atoms with Crippen LogP contribution in [0.5, 0.6) is 0 Å². The first-order chi connectivity index (χ1) is 8.86. The molecule has 1 aliphatic rings. The fraction of sp³-hybridized carbons (Fsp3) is 0.769. The van der Waals surface area contributed by atoms with Crippen molar-refractivity contribution in [2.75, 3.05) is 0 Å². The van der Waals surface area contributed by atoms with Crippen LogP contribution in [0.1, 0.15) is 50.0 Å². The van der Waals surface area contributed by atoms with Gasteiger partial charge in [0.25, 0.3) is 0 Å². The number of carbonyl (C=O) groups is 1. The molecule has 0 radical (unpaired) electrons. The van der Waals surface area contributed by atoms with Crippen molar-refractivity contribution in [1.82, 2.24) is 15.5 Å². The Bertz CT molecular complexity index is 457. The lowest BCUT2D eigenvalue weighted by Crippen LogP contribution is -2.29. The van der Waals surface area contributed by atoms with E-state index in [1.165, 1.54) is 0 Å². The summed E-state index contributed by atoms with van der Waals surface area (Å²) in [4.78, 5) is 12.0. The van der Waals surface area contributed by atoms with Crippen LogP contribution in [0.2, 0.25) is 0 Å². The smallest absolute Gasteiger partial charge is 0.223 e. The fourth-order valence-electron chi connectivity index (χ4n) is 2.19. The minimum atomic E-state index is 0. The Morgan fingerprint density at radius 3 is 2.60 bits per heavy atom. The van der Waals surface area contributed by atoms with Gasteiger partial charge >= 0.3 is 0 Å². The summed E-state index contributed by atoms with van der Waals surface area (Å²) in [5, 5.41) is 13.1. The highest BCUT2D eigenvalue weighted by Gasteiger charge is 2.27. The number of amides is 1. The summed E-state index contributed by atoms with van der Waals surface area (Å²) >= 11 is 1.56. The van der Waals surface area contributed by atoms with Crippen LogP contribution in [0.3, 0.4) is 0 Å². The lowest BCUT2D eigenvalue weighted by molar-refractivity contribution is -0.125. The molecule has 1 aromatic heterocycles. The molecule has 0 spiro atoms. The van der Waals surface area contributed by atoms with E-state index in [9.17, 15) is 4.79 Å². The zero-order chi connectivity index (χ0) is 14.0. The number of nitrogens with two attached hydrogens (primary N) is 1. The summed E-state index contributed by atoms with van der Waals surface area (Å²) in [7, 11) is 0. The van der Waals surface area contributed by atoms with Gasteiger partial charge in [-0.15, -0.1) is 22.6 Å². The zero-order valence-electron chi connectivity index (χ0n) is 12.2. The van der Waals surface area contributed by atoms with E-state index >= 15 is 0 Å². The third kappa shape index (κ3) is 4.40. The van der Waals surface area contributed by atoms with E-state index in [-0.39, 0.29) is 35.7 Å². The molecular weight excluding hydrogens is 296 g/mol. The first-order valence-electron chi connectivity index (χ1n) is 6.72. The number of nitrogens with one attached hydrogen (secondary N) is 1. The zero-order valence-corrected chi connectivity index (χ0v) is 13.8. The van der Waals surface area contributed by atoms with Gasteiger partial charge in [-0.3, -0.25) is 4.79 Å². The van der Waals surface area contributed by atoms with E-state index in [0.29, 0.717) is 6.54 Å². The highest BCUT2D eigenvalue weighted by atomic mass is 35.5. The number of hydrogen-bond acceptors (Lipinski definition) is 5. The summed E-state index contributed by atoms with van der Waals surface area (Å²) in [6.45, 7) is 6.79. The molecule has 1 aromatic rings. The Morgan fingerprint density at radius 1 is 1.40 bits per heavy atom. The van der Waals surface area contributed by atoms with E-state index in [0.717, 1.165) is 29.3 Å². The van der Waals surface area contributed by atoms with Gasteiger partial charge in [0.15, 0.2) is 0 Å². The van der Waals surface area contributed by atoms with Gasteiger partial charge in [-0.25, -0.2) is 0 Å². The van der Waals surface area contributed by atoms with Crippen molar-refractivity contribution in [3.63, 3.8) is 0 Å². The minimum Gasteiger partial charge on any atom is -0.349 e. The molecule has 114 valence electrons. The van der Waals surface area contributed by atoms with E-state index < -0.39 is 0 Å². The maximum atomic E-state index is 12.0. The Labute approximate surface area is 130 Å². The van der Waals surface area contributed by atoms with Crippen LogP contribution in [0.25, 0.3) is 0 Å². The topological polar surface area (TPSA) is 80.9 Å². The first-order valence-corrected chi connectivity index (χ1v) is 7.54. The van der Waals surface area contributed by atoms with Crippen LogP contribution >= 0.6 is 23.7 Å². The van der Waals surface area contributed by atoms with Crippen molar-refractivity contribution in [2.45, 2.75) is 58.0 Å². The third-order valence-corrected chi connectivity index (χ3v) is 4.72. The molecule has 1 fully saturated rings. The first kappa shape index (κ1) is 17.3. The SMILES string of the molecule is CC(C)(C)c1nnc(CNC(=O)C2CCC(N)C2)s1.Cl. The molecule has 5 nitrogen and oxygen atoms in total. The highest BCUT2D eigenvalue weighted by molar-refractivity contribution is 7.11. The molecule has 7 heteroatoms. The van der Waals surface area contributed by atoms with Crippen LogP contribution in [-0.2, 0) is 16.8 Å². The number of carbonyl (C=O) groups excluding carboxylic acids is 1. The second-order valence-electron chi connectivity index (χ2n) is 6.24. The van der Waals surface area contributed by atoms with Crippen LogP contribution < -0.4 is 11.1 Å². The number of halogens is 1. The fourth-order valence-corrected chi connectivity index (χ4v) is 3.03. The van der Waals surface area contributed by atoms with Crippen LogP contribution in [0, 0.1) is 5.92 Å². The molecule has 0 bridgehead atoms. The van der Waals surface area contributed by atoms with Gasteiger partial charge in [-0.05, 0) is 19.3 Å². The maximum absolute atomic E-state index is 12.0. The van der Waals surface area contributed by atoms with Crippen molar-refractivity contribution >= 4 is 29.7 Å². The molecule has 3 N–H and O–H groups in total. The third-order valence-electron chi connectivity index (χ3n) is 3.37. The number of nitrogens with zero attached hydrogens (tertiary/aromatic N) is 2. The summed E-state index contributed by atoms with van der Waals surface area (Å²) in [6, 6.07) is 0.185. The predicted molar refractivity (Wildman–Crippen MR) is 83.0 cm³/mol. The summed E-state index contributed by atoms with van der Waals surface area (Å²) in [5.74, 6) is 0.172. The van der Waals surface area contributed by atoms with Crippen molar-refractivity contribution < 1.29 is 4.79 Å². The highest BCUT2D eigenvalue weighted by Crippen LogP contribution is 2.26. The Balaban J connectivity index is 0.00000200. The minimum absolute atomic E-state index is 0. The molecule has 2 atom stereocenters. The average molecular weight is 319 g/mol. The van der Waals surface area contributed by atoms with Gasteiger partial charge in [-0.2, -0.15) is 0 Å². The van der Waals surface area contributed by atoms with E-state index in [1.807, 2.05) is 0 Å². The monoisotopic (exact) mass is 318 g/mol. The second-order valence-corrected chi connectivity index (χ2v) is 7.30. The van der Waals surface area contributed by atoms with Crippen LogP contribution in [-0.4, -0.2) is 22.1 Å². The van der Waals surface area contributed by atoms with E-state index in [4.69, 9.17) is 5.73 Å². The largest absolute Gasteiger partial charge is 0.349 e. The van der Waals surface area contributed by atoms with E-state index in [1.54, 1.807) is 11.3 Å². The van der Waals surface area contributed by atoms with Crippen LogP contribution in [0.4, 0.5) is 0 Å². The van der Waals surface area contributed by atoms with Gasteiger partial charge in [-0.1, -0.05) is 32.1 Å². The number of aromatic nitrogens is 2. The molecular formula is C13H23ClN4OS. The molecule has 0 aliphatic heterocycles. The molecule has 0 aromatic carbocycles. The summed E-state index contributed by atoms with van der Waals surface area (Å²) in [5.41, 5.74) is 5.83.